The van der Waals surface area contributed by atoms with Crippen LogP contribution >= 0.6 is 0 Å². The number of amides is 1. The predicted molar refractivity (Wildman–Crippen MR) is 117 cm³/mol. The highest BCUT2D eigenvalue weighted by Gasteiger charge is 2.20. The first-order chi connectivity index (χ1) is 14.6. The highest BCUT2D eigenvalue weighted by atomic mass is 16.5. The number of benzene rings is 3. The van der Waals surface area contributed by atoms with E-state index in [9.17, 15) is 9.59 Å². The van der Waals surface area contributed by atoms with Crippen LogP contribution < -0.4 is 20.1 Å². The largest absolute Gasteiger partial charge is 0.497 e. The molecule has 0 radical (unpaired) electrons. The average Bonchev–Trinajstić information content (AvgIpc) is 2.80. The highest BCUT2D eigenvalue weighted by molar-refractivity contribution is 6.28. The van der Waals surface area contributed by atoms with Gasteiger partial charge in [0.1, 0.15) is 17.1 Å². The molecule has 0 spiro atoms. The summed E-state index contributed by atoms with van der Waals surface area (Å²) < 4.78 is 10.3. The lowest BCUT2D eigenvalue weighted by molar-refractivity contribution is -0.112. The molecule has 2 N–H and O–H groups in total. The Bertz CT molecular complexity index is 1030. The Morgan fingerprint density at radius 1 is 0.733 bits per heavy atom. The molecule has 0 saturated heterocycles. The minimum Gasteiger partial charge on any atom is -0.497 e. The smallest absolute Gasteiger partial charge is 0.261 e. The lowest BCUT2D eigenvalue weighted by Crippen LogP contribution is -2.21. The maximum atomic E-state index is 13.0. The van der Waals surface area contributed by atoms with E-state index in [1.165, 1.54) is 6.20 Å². The first-order valence-corrected chi connectivity index (χ1v) is 9.26. The number of hydrogen-bond donors (Lipinski definition) is 2. The van der Waals surface area contributed by atoms with Crippen molar-refractivity contribution < 1.29 is 19.1 Å². The van der Waals surface area contributed by atoms with Gasteiger partial charge in [-0.05, 0) is 48.5 Å². The van der Waals surface area contributed by atoms with Gasteiger partial charge in [-0.2, -0.15) is 0 Å². The Morgan fingerprint density at radius 3 is 1.80 bits per heavy atom. The second kappa shape index (κ2) is 9.93. The SMILES string of the molecule is COc1ccc(NC=C(C(=O)Nc2ccc(OC)cc2)C(=O)c2ccccc2)cc1. The van der Waals surface area contributed by atoms with Crippen LogP contribution in [0.15, 0.2) is 90.6 Å². The van der Waals surface area contributed by atoms with Gasteiger partial charge in [-0.3, -0.25) is 9.59 Å². The first-order valence-electron chi connectivity index (χ1n) is 9.26. The van der Waals surface area contributed by atoms with Gasteiger partial charge in [0, 0.05) is 23.1 Å². The van der Waals surface area contributed by atoms with Gasteiger partial charge >= 0.3 is 0 Å². The van der Waals surface area contributed by atoms with E-state index in [4.69, 9.17) is 9.47 Å². The zero-order valence-electron chi connectivity index (χ0n) is 16.7. The lowest BCUT2D eigenvalue weighted by Gasteiger charge is -2.10. The van der Waals surface area contributed by atoms with E-state index in [1.54, 1.807) is 87.0 Å². The zero-order chi connectivity index (χ0) is 21.3. The first kappa shape index (κ1) is 20.7. The van der Waals surface area contributed by atoms with Crippen molar-refractivity contribution in [3.8, 4) is 11.5 Å². The van der Waals surface area contributed by atoms with Crippen molar-refractivity contribution in [2.45, 2.75) is 0 Å². The predicted octanol–water partition coefficient (Wildman–Crippen LogP) is 4.52. The van der Waals surface area contributed by atoms with Crippen LogP contribution in [-0.2, 0) is 4.79 Å². The molecule has 0 aromatic heterocycles. The third-order valence-corrected chi connectivity index (χ3v) is 4.35. The normalized spacial score (nSPS) is 10.8. The summed E-state index contributed by atoms with van der Waals surface area (Å²) in [5, 5.41) is 5.77. The molecule has 0 aliphatic carbocycles. The fourth-order valence-electron chi connectivity index (χ4n) is 2.69. The third-order valence-electron chi connectivity index (χ3n) is 4.35. The van der Waals surface area contributed by atoms with Gasteiger partial charge in [0.15, 0.2) is 5.78 Å². The molecule has 0 heterocycles. The van der Waals surface area contributed by atoms with E-state index in [1.807, 2.05) is 6.07 Å². The molecule has 0 bridgehead atoms. The van der Waals surface area contributed by atoms with Crippen molar-refractivity contribution >= 4 is 23.1 Å². The van der Waals surface area contributed by atoms with Gasteiger partial charge in [0.05, 0.1) is 14.2 Å². The van der Waals surface area contributed by atoms with Gasteiger partial charge in [-0.15, -0.1) is 0 Å². The van der Waals surface area contributed by atoms with Crippen LogP contribution in [0.2, 0.25) is 0 Å². The number of ketones is 1. The summed E-state index contributed by atoms with van der Waals surface area (Å²) in [5.74, 6) is 0.477. The number of carbonyl (C=O) groups excluding carboxylic acids is 2. The fourth-order valence-corrected chi connectivity index (χ4v) is 2.69. The molecule has 0 aliphatic heterocycles. The Balaban J connectivity index is 1.85. The number of carbonyl (C=O) groups is 2. The lowest BCUT2D eigenvalue weighted by atomic mass is 10.0. The number of ether oxygens (including phenoxy) is 2. The van der Waals surface area contributed by atoms with Crippen molar-refractivity contribution in [3.05, 3.63) is 96.2 Å². The number of hydrogen-bond acceptors (Lipinski definition) is 5. The fraction of sp³-hybridized carbons (Fsp3) is 0.0833. The van der Waals surface area contributed by atoms with Crippen molar-refractivity contribution in [1.82, 2.24) is 0 Å². The van der Waals surface area contributed by atoms with Crippen LogP contribution in [0.1, 0.15) is 10.4 Å². The summed E-state index contributed by atoms with van der Waals surface area (Å²) in [6.07, 6.45) is 1.41. The second-order valence-corrected chi connectivity index (χ2v) is 6.31. The maximum absolute atomic E-state index is 13.0. The summed E-state index contributed by atoms with van der Waals surface area (Å²) in [7, 11) is 3.15. The van der Waals surface area contributed by atoms with E-state index in [-0.39, 0.29) is 11.4 Å². The number of Topliss-reactive ketones (excluding diaryl/α,β-unsaturated/α-hetero) is 1. The number of anilines is 2. The van der Waals surface area contributed by atoms with E-state index < -0.39 is 5.91 Å². The molecule has 0 aliphatic rings. The average molecular weight is 402 g/mol. The summed E-state index contributed by atoms with van der Waals surface area (Å²) in [6, 6.07) is 22.7. The summed E-state index contributed by atoms with van der Waals surface area (Å²) >= 11 is 0. The Hall–Kier alpha value is -4.06. The summed E-state index contributed by atoms with van der Waals surface area (Å²) in [5.41, 5.74) is 1.67. The second-order valence-electron chi connectivity index (χ2n) is 6.31. The Morgan fingerprint density at radius 2 is 1.27 bits per heavy atom. The molecule has 152 valence electrons. The quantitative estimate of drug-likeness (QED) is 0.251. The van der Waals surface area contributed by atoms with Gasteiger partial charge in [0.2, 0.25) is 0 Å². The number of rotatable bonds is 8. The molecule has 0 fully saturated rings. The summed E-state index contributed by atoms with van der Waals surface area (Å²) in [4.78, 5) is 25.9. The summed E-state index contributed by atoms with van der Waals surface area (Å²) in [6.45, 7) is 0. The van der Waals surface area contributed by atoms with Gasteiger partial charge in [-0.1, -0.05) is 30.3 Å². The molecule has 0 saturated carbocycles. The molecule has 1 amide bonds. The van der Waals surface area contributed by atoms with Crippen LogP contribution in [-0.4, -0.2) is 25.9 Å². The number of nitrogens with one attached hydrogen (secondary N) is 2. The molecule has 0 atom stereocenters. The molecule has 3 rings (SSSR count). The van der Waals surface area contributed by atoms with Crippen LogP contribution in [0, 0.1) is 0 Å². The van der Waals surface area contributed by atoms with Gasteiger partial charge in [-0.25, -0.2) is 0 Å². The Labute approximate surface area is 175 Å². The maximum Gasteiger partial charge on any atom is 0.261 e. The van der Waals surface area contributed by atoms with E-state index in [2.05, 4.69) is 10.6 Å². The molecular formula is C24H22N2O4. The van der Waals surface area contributed by atoms with E-state index >= 15 is 0 Å². The monoisotopic (exact) mass is 402 g/mol. The standard InChI is InChI=1S/C24H22N2O4/c1-29-20-12-8-18(9-13-20)25-16-22(23(27)17-6-4-3-5-7-17)24(28)26-19-10-14-21(30-2)15-11-19/h3-16,25H,1-2H3,(H,26,28). The molecule has 30 heavy (non-hydrogen) atoms. The van der Waals surface area contributed by atoms with Crippen LogP contribution in [0.3, 0.4) is 0 Å². The highest BCUT2D eigenvalue weighted by Crippen LogP contribution is 2.19. The molecule has 3 aromatic carbocycles. The Kier molecular flexibility index (Phi) is 6.84. The molecule has 6 heteroatoms. The molecule has 0 unspecified atom stereocenters. The molecule has 6 nitrogen and oxygen atoms in total. The van der Waals surface area contributed by atoms with Crippen molar-refractivity contribution in [2.75, 3.05) is 24.9 Å². The van der Waals surface area contributed by atoms with Crippen LogP contribution in [0.5, 0.6) is 11.5 Å². The topological polar surface area (TPSA) is 76.7 Å². The molecule has 3 aromatic rings. The van der Waals surface area contributed by atoms with E-state index in [0.717, 1.165) is 0 Å². The van der Waals surface area contributed by atoms with Crippen molar-refractivity contribution in [2.24, 2.45) is 0 Å². The van der Waals surface area contributed by atoms with Crippen LogP contribution in [0.4, 0.5) is 11.4 Å². The minimum absolute atomic E-state index is 0.0205. The van der Waals surface area contributed by atoms with Crippen molar-refractivity contribution in [1.29, 1.82) is 0 Å². The van der Waals surface area contributed by atoms with Crippen molar-refractivity contribution in [3.63, 3.8) is 0 Å². The van der Waals surface area contributed by atoms with Gasteiger partial charge in [0.25, 0.3) is 5.91 Å². The minimum atomic E-state index is -0.518. The molecular weight excluding hydrogens is 380 g/mol. The third kappa shape index (κ3) is 5.26. The zero-order valence-corrected chi connectivity index (χ0v) is 16.7. The number of methoxy groups -OCH3 is 2. The van der Waals surface area contributed by atoms with Crippen LogP contribution in [0.25, 0.3) is 0 Å². The van der Waals surface area contributed by atoms with Gasteiger partial charge < -0.3 is 20.1 Å². The van der Waals surface area contributed by atoms with E-state index in [0.29, 0.717) is 28.4 Å².